The highest BCUT2D eigenvalue weighted by Gasteiger charge is 2.21. The molecule has 1 amide bonds. The average molecular weight is 447 g/mol. The van der Waals surface area contributed by atoms with E-state index in [1.165, 1.54) is 5.39 Å². The van der Waals surface area contributed by atoms with Crippen LogP contribution in [0.25, 0.3) is 22.0 Å². The molecule has 0 atom stereocenters. The molecule has 33 heavy (non-hydrogen) atoms. The molecule has 1 aliphatic rings. The first-order valence-electron chi connectivity index (χ1n) is 11.3. The number of ketones is 1. The summed E-state index contributed by atoms with van der Waals surface area (Å²) in [7, 11) is 0. The third-order valence-corrected chi connectivity index (χ3v) is 6.37. The average Bonchev–Trinajstić information content (AvgIpc) is 3.43. The van der Waals surface area contributed by atoms with Crippen molar-refractivity contribution in [3.63, 3.8) is 0 Å². The molecule has 8 nitrogen and oxygen atoms in total. The van der Waals surface area contributed by atoms with E-state index < -0.39 is 5.76 Å². The van der Waals surface area contributed by atoms with Gasteiger partial charge >= 0.3 is 5.76 Å². The van der Waals surface area contributed by atoms with Crippen LogP contribution in [-0.4, -0.2) is 63.8 Å². The maximum absolute atomic E-state index is 12.7. The van der Waals surface area contributed by atoms with Gasteiger partial charge in [-0.1, -0.05) is 18.2 Å². The first-order chi connectivity index (χ1) is 16.1. The minimum Gasteiger partial charge on any atom is -0.408 e. The summed E-state index contributed by atoms with van der Waals surface area (Å²) in [5.74, 6) is -0.341. The van der Waals surface area contributed by atoms with Crippen molar-refractivity contribution < 1.29 is 14.0 Å². The smallest absolute Gasteiger partial charge is 0.408 e. The van der Waals surface area contributed by atoms with E-state index >= 15 is 0 Å². The molecule has 0 aliphatic carbocycles. The predicted molar refractivity (Wildman–Crippen MR) is 125 cm³/mol. The van der Waals surface area contributed by atoms with Gasteiger partial charge < -0.3 is 13.9 Å². The molecule has 2 aromatic carbocycles. The van der Waals surface area contributed by atoms with Crippen LogP contribution in [0.4, 0.5) is 0 Å². The Labute approximate surface area is 190 Å². The van der Waals surface area contributed by atoms with Crippen molar-refractivity contribution in [1.82, 2.24) is 19.4 Å². The second-order valence-electron chi connectivity index (χ2n) is 8.44. The summed E-state index contributed by atoms with van der Waals surface area (Å²) in [6, 6.07) is 15.3. The first-order valence-corrected chi connectivity index (χ1v) is 11.3. The Morgan fingerprint density at radius 2 is 1.76 bits per heavy atom. The zero-order chi connectivity index (χ0) is 22.8. The molecule has 1 N–H and O–H groups in total. The molecule has 0 unspecified atom stereocenters. The molecule has 0 bridgehead atoms. The number of amides is 1. The van der Waals surface area contributed by atoms with E-state index in [4.69, 9.17) is 4.42 Å². The fourth-order valence-corrected chi connectivity index (χ4v) is 4.45. The molecular weight excluding hydrogens is 420 g/mol. The second kappa shape index (κ2) is 9.07. The number of Topliss-reactive ketones (excluding diaryl/α,β-unsaturated/α-hetero) is 1. The summed E-state index contributed by atoms with van der Waals surface area (Å²) in [5, 5.41) is 1.19. The lowest BCUT2D eigenvalue weighted by Gasteiger charge is -2.34. The Bertz CT molecular complexity index is 1360. The second-order valence-corrected chi connectivity index (χ2v) is 8.44. The number of aromatic amines is 1. The number of nitrogens with zero attached hydrogens (tertiary/aromatic N) is 3. The maximum Gasteiger partial charge on any atom is 0.417 e. The fourth-order valence-electron chi connectivity index (χ4n) is 4.45. The van der Waals surface area contributed by atoms with E-state index in [0.29, 0.717) is 55.7 Å². The summed E-state index contributed by atoms with van der Waals surface area (Å²) in [5.41, 5.74) is 2.67. The van der Waals surface area contributed by atoms with Crippen LogP contribution in [0.15, 0.2) is 63.9 Å². The zero-order valence-corrected chi connectivity index (χ0v) is 18.3. The minimum absolute atomic E-state index is 0.0122. The summed E-state index contributed by atoms with van der Waals surface area (Å²) in [4.78, 5) is 43.3. The highest BCUT2D eigenvalue weighted by molar-refractivity contribution is 5.98. The molecule has 0 radical (unpaired) electrons. The Kier molecular flexibility index (Phi) is 5.83. The van der Waals surface area contributed by atoms with Gasteiger partial charge in [-0.05, 0) is 35.7 Å². The van der Waals surface area contributed by atoms with Crippen LogP contribution in [0.3, 0.4) is 0 Å². The summed E-state index contributed by atoms with van der Waals surface area (Å²) < 4.78 is 7.17. The van der Waals surface area contributed by atoms with Crippen LogP contribution < -0.4 is 5.76 Å². The van der Waals surface area contributed by atoms with Gasteiger partial charge in [0.15, 0.2) is 11.4 Å². The van der Waals surface area contributed by atoms with Crippen LogP contribution in [0, 0.1) is 0 Å². The molecule has 1 aliphatic heterocycles. The SMILES string of the molecule is O=C(CCN1CCN(C(=O)CCn2ccc3ccccc32)CC1)c1ccc2[nH]c(=O)oc2c1. The van der Waals surface area contributed by atoms with Gasteiger partial charge in [-0.2, -0.15) is 0 Å². The molecule has 3 heterocycles. The normalized spacial score (nSPS) is 14.8. The van der Waals surface area contributed by atoms with Gasteiger partial charge in [-0.3, -0.25) is 19.5 Å². The van der Waals surface area contributed by atoms with Crippen molar-refractivity contribution in [1.29, 1.82) is 0 Å². The van der Waals surface area contributed by atoms with Crippen LogP contribution in [0.5, 0.6) is 0 Å². The van der Waals surface area contributed by atoms with Gasteiger partial charge in [-0.25, -0.2) is 4.79 Å². The van der Waals surface area contributed by atoms with Crippen molar-refractivity contribution in [2.75, 3.05) is 32.7 Å². The number of carbonyl (C=O) groups excluding carboxylic acids is 2. The largest absolute Gasteiger partial charge is 0.417 e. The number of fused-ring (bicyclic) bond motifs is 2. The first kappa shape index (κ1) is 21.2. The van der Waals surface area contributed by atoms with Crippen LogP contribution in [0.1, 0.15) is 23.2 Å². The number of aromatic nitrogens is 2. The molecule has 170 valence electrons. The van der Waals surface area contributed by atoms with Crippen molar-refractivity contribution in [2.24, 2.45) is 0 Å². The fraction of sp³-hybridized carbons (Fsp3) is 0.320. The number of carbonyl (C=O) groups is 2. The molecule has 0 spiro atoms. The minimum atomic E-state index is -0.524. The van der Waals surface area contributed by atoms with Crippen LogP contribution in [0.2, 0.25) is 0 Å². The predicted octanol–water partition coefficient (Wildman–Crippen LogP) is 2.88. The van der Waals surface area contributed by atoms with E-state index in [0.717, 1.165) is 18.6 Å². The lowest BCUT2D eigenvalue weighted by molar-refractivity contribution is -0.133. The third-order valence-electron chi connectivity index (χ3n) is 6.37. The standard InChI is InChI=1S/C25H26N4O4/c30-22(19-5-6-20-23(17-19)33-25(32)26-20)8-10-27-13-15-29(16-14-27)24(31)9-12-28-11-7-18-3-1-2-4-21(18)28/h1-7,11,17H,8-10,12-16H2,(H,26,32). The summed E-state index contributed by atoms with van der Waals surface area (Å²) in [6.45, 7) is 4.20. The van der Waals surface area contributed by atoms with E-state index in [1.807, 2.05) is 23.2 Å². The molecule has 4 aromatic rings. The number of H-pyrrole nitrogens is 1. The number of hydrogen-bond acceptors (Lipinski definition) is 5. The maximum atomic E-state index is 12.7. The van der Waals surface area contributed by atoms with Crippen molar-refractivity contribution in [3.8, 4) is 0 Å². The number of hydrogen-bond donors (Lipinski definition) is 1. The molecule has 5 rings (SSSR count). The number of rotatable bonds is 7. The van der Waals surface area contributed by atoms with E-state index in [1.54, 1.807) is 18.2 Å². The highest BCUT2D eigenvalue weighted by atomic mass is 16.4. The molecule has 8 heteroatoms. The Hall–Kier alpha value is -3.65. The lowest BCUT2D eigenvalue weighted by Crippen LogP contribution is -2.49. The van der Waals surface area contributed by atoms with E-state index in [9.17, 15) is 14.4 Å². The van der Waals surface area contributed by atoms with Crippen LogP contribution in [-0.2, 0) is 11.3 Å². The number of para-hydroxylation sites is 1. The molecule has 1 fully saturated rings. The third kappa shape index (κ3) is 4.61. The van der Waals surface area contributed by atoms with Crippen molar-refractivity contribution in [2.45, 2.75) is 19.4 Å². The Morgan fingerprint density at radius 1 is 0.939 bits per heavy atom. The van der Waals surface area contributed by atoms with E-state index in [-0.39, 0.29) is 11.7 Å². The summed E-state index contributed by atoms with van der Waals surface area (Å²) in [6.07, 6.45) is 2.90. The lowest BCUT2D eigenvalue weighted by atomic mass is 10.1. The van der Waals surface area contributed by atoms with Gasteiger partial charge in [0.05, 0.1) is 5.52 Å². The highest BCUT2D eigenvalue weighted by Crippen LogP contribution is 2.17. The number of nitrogens with one attached hydrogen (secondary N) is 1. The van der Waals surface area contributed by atoms with Crippen LogP contribution >= 0.6 is 0 Å². The monoisotopic (exact) mass is 446 g/mol. The van der Waals surface area contributed by atoms with Gasteiger partial charge in [0.2, 0.25) is 5.91 Å². The van der Waals surface area contributed by atoms with Gasteiger partial charge in [0.1, 0.15) is 0 Å². The number of piperazine rings is 1. The van der Waals surface area contributed by atoms with E-state index in [2.05, 4.69) is 32.7 Å². The van der Waals surface area contributed by atoms with Gasteiger partial charge in [0, 0.05) is 69.4 Å². The summed E-state index contributed by atoms with van der Waals surface area (Å²) >= 11 is 0. The molecule has 1 saturated heterocycles. The quantitative estimate of drug-likeness (QED) is 0.441. The zero-order valence-electron chi connectivity index (χ0n) is 18.3. The van der Waals surface area contributed by atoms with Crippen molar-refractivity contribution in [3.05, 3.63) is 70.8 Å². The molecular formula is C25H26N4O4. The van der Waals surface area contributed by atoms with Gasteiger partial charge in [0.25, 0.3) is 0 Å². The van der Waals surface area contributed by atoms with Gasteiger partial charge in [-0.15, -0.1) is 0 Å². The Morgan fingerprint density at radius 3 is 2.61 bits per heavy atom. The van der Waals surface area contributed by atoms with Crippen molar-refractivity contribution >= 4 is 33.7 Å². The topological polar surface area (TPSA) is 91.5 Å². The Balaban J connectivity index is 1.08. The molecule has 0 saturated carbocycles. The molecule has 2 aromatic heterocycles. The number of aryl methyl sites for hydroxylation is 1. The number of benzene rings is 2. The number of oxazole rings is 1.